The minimum atomic E-state index is -1.03. The van der Waals surface area contributed by atoms with Gasteiger partial charge in [0.05, 0.1) is 12.3 Å². The van der Waals surface area contributed by atoms with Gasteiger partial charge in [-0.1, -0.05) is 10.3 Å². The zero-order valence-corrected chi connectivity index (χ0v) is 10.5. The molecule has 3 N–H and O–H groups in total. The first-order chi connectivity index (χ1) is 8.90. The van der Waals surface area contributed by atoms with E-state index in [0.717, 1.165) is 5.71 Å². The number of rotatable bonds is 4. The number of hydrogen-bond donors (Lipinski definition) is 2. The highest BCUT2D eigenvalue weighted by Crippen LogP contribution is 2.23. The topological polar surface area (TPSA) is 133 Å². The van der Waals surface area contributed by atoms with Gasteiger partial charge in [-0.15, -0.1) is 0 Å². The van der Waals surface area contributed by atoms with Gasteiger partial charge in [0.15, 0.2) is 0 Å². The fourth-order valence-corrected chi connectivity index (χ4v) is 1.62. The summed E-state index contributed by atoms with van der Waals surface area (Å²) in [7, 11) is 0. The van der Waals surface area contributed by atoms with Crippen molar-refractivity contribution in [2.75, 3.05) is 0 Å². The standard InChI is InChI=1S/C10H13N5O4/c1-5-3-10(2,19-14-5)9(17)12-4-6-13-8(7(11)16)15-18-6/h3-4H2,1-2H3,(H2,11,16)(H,12,17)/t10-/m0/s1. The first-order valence-electron chi connectivity index (χ1n) is 5.53. The van der Waals surface area contributed by atoms with E-state index >= 15 is 0 Å². The number of primary amides is 1. The Labute approximate surface area is 108 Å². The van der Waals surface area contributed by atoms with Crippen LogP contribution in [0.1, 0.15) is 36.8 Å². The Hall–Kier alpha value is -2.45. The molecule has 102 valence electrons. The quantitative estimate of drug-likeness (QED) is 0.744. The molecule has 0 saturated carbocycles. The summed E-state index contributed by atoms with van der Waals surface area (Å²) in [5, 5.41) is 9.66. The lowest BCUT2D eigenvalue weighted by molar-refractivity contribution is -0.142. The van der Waals surface area contributed by atoms with Crippen LogP contribution in [0, 0.1) is 0 Å². The zero-order chi connectivity index (χ0) is 14.0. The van der Waals surface area contributed by atoms with Crippen molar-refractivity contribution in [2.24, 2.45) is 10.9 Å². The van der Waals surface area contributed by atoms with Crippen molar-refractivity contribution in [3.63, 3.8) is 0 Å². The summed E-state index contributed by atoms with van der Waals surface area (Å²) in [5.41, 5.74) is 4.68. The molecule has 0 saturated heterocycles. The van der Waals surface area contributed by atoms with E-state index in [1.54, 1.807) is 13.8 Å². The highest BCUT2D eigenvalue weighted by atomic mass is 16.7. The van der Waals surface area contributed by atoms with E-state index in [9.17, 15) is 9.59 Å². The Kier molecular flexibility index (Phi) is 3.19. The summed E-state index contributed by atoms with van der Waals surface area (Å²) in [6.07, 6.45) is 0.412. The minimum Gasteiger partial charge on any atom is -0.379 e. The van der Waals surface area contributed by atoms with Crippen molar-refractivity contribution in [1.29, 1.82) is 0 Å². The molecule has 2 heterocycles. The molecule has 9 heteroatoms. The molecule has 0 radical (unpaired) electrons. The molecule has 1 aliphatic rings. The summed E-state index contributed by atoms with van der Waals surface area (Å²) in [5.74, 6) is -1.29. The molecule has 1 aromatic rings. The Bertz CT molecular complexity index is 552. The predicted octanol–water partition coefficient (Wildman–Crippen LogP) is -0.660. The molecule has 0 aliphatic carbocycles. The van der Waals surface area contributed by atoms with Crippen molar-refractivity contribution in [3.8, 4) is 0 Å². The van der Waals surface area contributed by atoms with Gasteiger partial charge in [-0.25, -0.2) is 0 Å². The van der Waals surface area contributed by atoms with Crippen LogP contribution in [0.15, 0.2) is 9.68 Å². The van der Waals surface area contributed by atoms with Gasteiger partial charge < -0.3 is 20.4 Å². The summed E-state index contributed by atoms with van der Waals surface area (Å²) in [6.45, 7) is 3.39. The molecule has 0 spiro atoms. The number of nitrogens with one attached hydrogen (secondary N) is 1. The number of carbonyl (C=O) groups excluding carboxylic acids is 2. The van der Waals surface area contributed by atoms with Gasteiger partial charge in [0.2, 0.25) is 11.5 Å². The van der Waals surface area contributed by atoms with Gasteiger partial charge >= 0.3 is 0 Å². The lowest BCUT2D eigenvalue weighted by Gasteiger charge is -2.19. The van der Waals surface area contributed by atoms with Crippen LogP contribution in [0.3, 0.4) is 0 Å². The molecule has 19 heavy (non-hydrogen) atoms. The normalized spacial score (nSPS) is 21.7. The van der Waals surface area contributed by atoms with E-state index in [1.807, 2.05) is 0 Å². The monoisotopic (exact) mass is 267 g/mol. The third kappa shape index (κ3) is 2.69. The van der Waals surface area contributed by atoms with E-state index in [1.165, 1.54) is 0 Å². The Morgan fingerprint density at radius 3 is 2.79 bits per heavy atom. The number of nitrogens with zero attached hydrogens (tertiary/aromatic N) is 3. The maximum Gasteiger partial charge on any atom is 0.290 e. The average molecular weight is 267 g/mol. The van der Waals surface area contributed by atoms with E-state index in [0.29, 0.717) is 6.42 Å². The van der Waals surface area contributed by atoms with Crippen LogP contribution < -0.4 is 11.1 Å². The SMILES string of the molecule is CC1=NO[C@](C)(C(=O)NCc2nc(C(N)=O)no2)C1. The Balaban J connectivity index is 1.91. The van der Waals surface area contributed by atoms with Crippen molar-refractivity contribution in [3.05, 3.63) is 11.7 Å². The third-order valence-electron chi connectivity index (χ3n) is 2.57. The number of hydrogen-bond acceptors (Lipinski definition) is 7. The average Bonchev–Trinajstić information content (AvgIpc) is 2.94. The lowest BCUT2D eigenvalue weighted by Crippen LogP contribution is -2.44. The molecule has 0 fully saturated rings. The van der Waals surface area contributed by atoms with Gasteiger partial charge in [-0.2, -0.15) is 4.98 Å². The highest BCUT2D eigenvalue weighted by molar-refractivity contribution is 5.94. The van der Waals surface area contributed by atoms with Gasteiger partial charge in [0.1, 0.15) is 0 Å². The van der Waals surface area contributed by atoms with Gasteiger partial charge in [0.25, 0.3) is 17.6 Å². The first-order valence-corrected chi connectivity index (χ1v) is 5.53. The number of amides is 2. The third-order valence-corrected chi connectivity index (χ3v) is 2.57. The van der Waals surface area contributed by atoms with Crippen LogP contribution in [0.2, 0.25) is 0 Å². The fourth-order valence-electron chi connectivity index (χ4n) is 1.62. The molecule has 1 aliphatic heterocycles. The van der Waals surface area contributed by atoms with Crippen LogP contribution in [0.25, 0.3) is 0 Å². The largest absolute Gasteiger partial charge is 0.379 e. The number of carbonyl (C=O) groups is 2. The Morgan fingerprint density at radius 2 is 2.26 bits per heavy atom. The van der Waals surface area contributed by atoms with Crippen LogP contribution in [-0.2, 0) is 16.2 Å². The van der Waals surface area contributed by atoms with Gasteiger partial charge in [-0.3, -0.25) is 9.59 Å². The zero-order valence-electron chi connectivity index (χ0n) is 10.5. The number of nitrogens with two attached hydrogens (primary N) is 1. The van der Waals surface area contributed by atoms with Crippen molar-refractivity contribution >= 4 is 17.5 Å². The van der Waals surface area contributed by atoms with Crippen LogP contribution >= 0.6 is 0 Å². The molecule has 9 nitrogen and oxygen atoms in total. The Morgan fingerprint density at radius 1 is 1.53 bits per heavy atom. The predicted molar refractivity (Wildman–Crippen MR) is 61.9 cm³/mol. The fraction of sp³-hybridized carbons (Fsp3) is 0.500. The van der Waals surface area contributed by atoms with Crippen molar-refractivity contribution in [2.45, 2.75) is 32.4 Å². The van der Waals surface area contributed by atoms with Crippen LogP contribution in [0.4, 0.5) is 0 Å². The number of oxime groups is 1. The smallest absolute Gasteiger partial charge is 0.290 e. The summed E-state index contributed by atoms with van der Waals surface area (Å²) in [4.78, 5) is 31.5. The molecule has 0 unspecified atom stereocenters. The summed E-state index contributed by atoms with van der Waals surface area (Å²) < 4.78 is 4.75. The van der Waals surface area contributed by atoms with Crippen LogP contribution in [0.5, 0.6) is 0 Å². The van der Waals surface area contributed by atoms with E-state index in [2.05, 4.69) is 20.6 Å². The number of aromatic nitrogens is 2. The molecular formula is C10H13N5O4. The van der Waals surface area contributed by atoms with Crippen molar-refractivity contribution in [1.82, 2.24) is 15.5 Å². The van der Waals surface area contributed by atoms with E-state index in [-0.39, 0.29) is 24.2 Å². The second kappa shape index (κ2) is 4.67. The lowest BCUT2D eigenvalue weighted by atomic mass is 9.99. The molecule has 1 atom stereocenters. The van der Waals surface area contributed by atoms with E-state index < -0.39 is 11.5 Å². The molecule has 2 amide bonds. The minimum absolute atomic E-state index is 0.0168. The summed E-state index contributed by atoms with van der Waals surface area (Å²) >= 11 is 0. The molecule has 1 aromatic heterocycles. The molecular weight excluding hydrogens is 254 g/mol. The second-order valence-corrected chi connectivity index (χ2v) is 4.38. The van der Waals surface area contributed by atoms with Gasteiger partial charge in [-0.05, 0) is 13.8 Å². The van der Waals surface area contributed by atoms with Crippen LogP contribution in [-0.4, -0.2) is 33.3 Å². The molecule has 0 aromatic carbocycles. The van der Waals surface area contributed by atoms with Gasteiger partial charge in [0, 0.05) is 6.42 Å². The molecule has 2 rings (SSSR count). The summed E-state index contributed by atoms with van der Waals surface area (Å²) in [6, 6.07) is 0. The maximum atomic E-state index is 11.9. The van der Waals surface area contributed by atoms with E-state index in [4.69, 9.17) is 15.1 Å². The van der Waals surface area contributed by atoms with Crippen molar-refractivity contribution < 1.29 is 18.9 Å². The molecule has 0 bridgehead atoms. The second-order valence-electron chi connectivity index (χ2n) is 4.38. The maximum absolute atomic E-state index is 11.9. The highest BCUT2D eigenvalue weighted by Gasteiger charge is 2.40. The first kappa shape index (κ1) is 13.0.